The second-order valence-electron chi connectivity index (χ2n) is 4.35. The molecule has 4 nitrogen and oxygen atoms in total. The summed E-state index contributed by atoms with van der Waals surface area (Å²) in [5.74, 6) is -0.304. The molecule has 0 aromatic rings. The van der Waals surface area contributed by atoms with Crippen LogP contribution in [0.4, 0.5) is 0 Å². The number of primary amides is 1. The van der Waals surface area contributed by atoms with E-state index >= 15 is 0 Å². The van der Waals surface area contributed by atoms with Crippen molar-refractivity contribution in [3.8, 4) is 0 Å². The van der Waals surface area contributed by atoms with Crippen LogP contribution in [-0.2, 0) is 9.59 Å². The predicted molar refractivity (Wildman–Crippen MR) is 69.9 cm³/mol. The monoisotopic (exact) mass is 240 g/mol. The summed E-state index contributed by atoms with van der Waals surface area (Å²) in [6, 6.07) is 0. The summed E-state index contributed by atoms with van der Waals surface area (Å²) in [7, 11) is 0. The van der Waals surface area contributed by atoms with Gasteiger partial charge in [0.25, 0.3) is 0 Å². The Hall–Kier alpha value is -1.19. The molecule has 0 saturated carbocycles. The largest absolute Gasteiger partial charge is 0.370 e. The lowest BCUT2D eigenvalue weighted by atomic mass is 10.1. The Morgan fingerprint density at radius 1 is 0.824 bits per heavy atom. The van der Waals surface area contributed by atoms with Crippen LogP contribution < -0.4 is 5.73 Å². The Morgan fingerprint density at radius 2 is 1.24 bits per heavy atom. The first-order valence-corrected chi connectivity index (χ1v) is 6.44. The number of nitrogens with two attached hydrogens (primary N) is 1. The van der Waals surface area contributed by atoms with Crippen LogP contribution in [0.1, 0.15) is 64.2 Å². The van der Waals surface area contributed by atoms with Crippen LogP contribution >= 0.6 is 0 Å². The second-order valence-corrected chi connectivity index (χ2v) is 4.35. The number of hydrogen-bond acceptors (Lipinski definition) is 2. The molecule has 98 valence electrons. The zero-order chi connectivity index (χ0) is 12.9. The fourth-order valence-electron chi connectivity index (χ4n) is 1.72. The van der Waals surface area contributed by atoms with E-state index in [1.807, 2.05) is 0 Å². The molecule has 0 aromatic carbocycles. The highest BCUT2D eigenvalue weighted by Crippen LogP contribution is 2.10. The normalized spacial score (nSPS) is 10.1. The number of nitrogens with zero attached hydrogens (tertiary/aromatic N) is 1. The summed E-state index contributed by atoms with van der Waals surface area (Å²) in [6.45, 7) is 3.20. The molecule has 0 unspecified atom stereocenters. The SMILES string of the molecule is C=NC(=O)CCCCCCCCCCC(N)=O. The maximum Gasteiger partial charge on any atom is 0.245 e. The van der Waals surface area contributed by atoms with Gasteiger partial charge in [0.2, 0.25) is 11.8 Å². The van der Waals surface area contributed by atoms with Crippen molar-refractivity contribution in [2.24, 2.45) is 10.7 Å². The van der Waals surface area contributed by atoms with Crippen molar-refractivity contribution in [3.63, 3.8) is 0 Å². The Labute approximate surface area is 104 Å². The van der Waals surface area contributed by atoms with E-state index in [-0.39, 0.29) is 11.8 Å². The highest BCUT2D eigenvalue weighted by molar-refractivity contribution is 5.80. The number of amides is 2. The Kier molecular flexibility index (Phi) is 10.5. The first-order chi connectivity index (χ1) is 8.16. The number of rotatable bonds is 11. The molecule has 0 spiro atoms. The van der Waals surface area contributed by atoms with Crippen LogP contribution in [-0.4, -0.2) is 18.5 Å². The molecule has 0 heterocycles. The Balaban J connectivity index is 3.06. The molecular weight excluding hydrogens is 216 g/mol. The summed E-state index contributed by atoms with van der Waals surface area (Å²) in [5.41, 5.74) is 5.05. The van der Waals surface area contributed by atoms with Crippen molar-refractivity contribution in [2.45, 2.75) is 64.2 Å². The zero-order valence-electron chi connectivity index (χ0n) is 10.6. The van der Waals surface area contributed by atoms with Gasteiger partial charge >= 0.3 is 0 Å². The number of unbranched alkanes of at least 4 members (excludes halogenated alkanes) is 7. The molecule has 0 aliphatic heterocycles. The summed E-state index contributed by atoms with van der Waals surface area (Å²) >= 11 is 0. The first kappa shape index (κ1) is 15.8. The van der Waals surface area contributed by atoms with Gasteiger partial charge in [-0.25, -0.2) is 4.99 Å². The van der Waals surface area contributed by atoms with E-state index in [0.717, 1.165) is 25.7 Å². The predicted octanol–water partition coefficient (Wildman–Crippen LogP) is 2.60. The number of aliphatic imine (C=N–C) groups is 1. The quantitative estimate of drug-likeness (QED) is 0.445. The third-order valence-corrected chi connectivity index (χ3v) is 2.74. The zero-order valence-corrected chi connectivity index (χ0v) is 10.6. The number of hydrogen-bond donors (Lipinski definition) is 1. The third-order valence-electron chi connectivity index (χ3n) is 2.74. The molecule has 0 rings (SSSR count). The molecule has 0 fully saturated rings. The smallest absolute Gasteiger partial charge is 0.245 e. The van der Waals surface area contributed by atoms with Gasteiger partial charge in [-0.2, -0.15) is 0 Å². The van der Waals surface area contributed by atoms with Crippen LogP contribution in [0.3, 0.4) is 0 Å². The van der Waals surface area contributed by atoms with Gasteiger partial charge in [-0.1, -0.05) is 38.5 Å². The molecule has 0 bridgehead atoms. The van der Waals surface area contributed by atoms with Gasteiger partial charge in [-0.15, -0.1) is 0 Å². The lowest BCUT2D eigenvalue weighted by Crippen LogP contribution is -2.09. The minimum atomic E-state index is -0.203. The third kappa shape index (κ3) is 12.7. The standard InChI is InChI=1S/C13H24N2O2/c1-15-13(17)11-9-7-5-3-2-4-6-8-10-12(14)16/h1-11H2,(H2,14,16). The van der Waals surface area contributed by atoms with Crippen molar-refractivity contribution in [1.29, 1.82) is 0 Å². The van der Waals surface area contributed by atoms with Crippen LogP contribution in [0.2, 0.25) is 0 Å². The molecular formula is C13H24N2O2. The van der Waals surface area contributed by atoms with Crippen LogP contribution in [0.5, 0.6) is 0 Å². The van der Waals surface area contributed by atoms with Gasteiger partial charge < -0.3 is 5.73 Å². The fourth-order valence-corrected chi connectivity index (χ4v) is 1.72. The summed E-state index contributed by atoms with van der Waals surface area (Å²) in [5, 5.41) is 0. The Bertz CT molecular complexity index is 240. The lowest BCUT2D eigenvalue weighted by molar-refractivity contribution is -0.118. The molecule has 0 saturated heterocycles. The van der Waals surface area contributed by atoms with E-state index in [1.165, 1.54) is 25.7 Å². The van der Waals surface area contributed by atoms with Crippen molar-refractivity contribution in [2.75, 3.05) is 0 Å². The lowest BCUT2D eigenvalue weighted by Gasteiger charge is -2.01. The molecule has 2 amide bonds. The van der Waals surface area contributed by atoms with Crippen molar-refractivity contribution in [3.05, 3.63) is 0 Å². The van der Waals surface area contributed by atoms with Gasteiger partial charge in [0, 0.05) is 12.8 Å². The van der Waals surface area contributed by atoms with Gasteiger partial charge in [-0.3, -0.25) is 9.59 Å². The van der Waals surface area contributed by atoms with Gasteiger partial charge in [0.05, 0.1) is 0 Å². The van der Waals surface area contributed by atoms with Gasteiger partial charge in [0.15, 0.2) is 0 Å². The molecule has 17 heavy (non-hydrogen) atoms. The fraction of sp³-hybridized carbons (Fsp3) is 0.769. The molecule has 0 aliphatic rings. The van der Waals surface area contributed by atoms with Crippen molar-refractivity contribution < 1.29 is 9.59 Å². The number of carbonyl (C=O) groups is 2. The van der Waals surface area contributed by atoms with E-state index in [1.54, 1.807) is 0 Å². The number of carbonyl (C=O) groups excluding carboxylic acids is 2. The topological polar surface area (TPSA) is 72.5 Å². The molecule has 2 N–H and O–H groups in total. The minimum absolute atomic E-state index is 0.101. The first-order valence-electron chi connectivity index (χ1n) is 6.44. The maximum absolute atomic E-state index is 10.8. The highest BCUT2D eigenvalue weighted by Gasteiger charge is 1.97. The Morgan fingerprint density at radius 3 is 1.65 bits per heavy atom. The van der Waals surface area contributed by atoms with E-state index in [2.05, 4.69) is 11.7 Å². The summed E-state index contributed by atoms with van der Waals surface area (Å²) in [6.07, 6.45) is 9.77. The summed E-state index contributed by atoms with van der Waals surface area (Å²) < 4.78 is 0. The average Bonchev–Trinajstić information content (AvgIpc) is 2.30. The van der Waals surface area contributed by atoms with Gasteiger partial charge in [-0.05, 0) is 19.6 Å². The van der Waals surface area contributed by atoms with Crippen LogP contribution in [0.15, 0.2) is 4.99 Å². The molecule has 4 heteroatoms. The molecule has 0 radical (unpaired) electrons. The maximum atomic E-state index is 10.8. The van der Waals surface area contributed by atoms with Crippen LogP contribution in [0.25, 0.3) is 0 Å². The van der Waals surface area contributed by atoms with Crippen molar-refractivity contribution >= 4 is 18.5 Å². The van der Waals surface area contributed by atoms with E-state index in [9.17, 15) is 9.59 Å². The van der Waals surface area contributed by atoms with E-state index < -0.39 is 0 Å². The van der Waals surface area contributed by atoms with Crippen molar-refractivity contribution in [1.82, 2.24) is 0 Å². The van der Waals surface area contributed by atoms with Gasteiger partial charge in [0.1, 0.15) is 0 Å². The summed E-state index contributed by atoms with van der Waals surface area (Å²) in [4.78, 5) is 24.6. The van der Waals surface area contributed by atoms with Crippen LogP contribution in [0, 0.1) is 0 Å². The van der Waals surface area contributed by atoms with E-state index in [4.69, 9.17) is 5.73 Å². The van der Waals surface area contributed by atoms with E-state index in [0.29, 0.717) is 12.8 Å². The highest BCUT2D eigenvalue weighted by atomic mass is 16.1. The second kappa shape index (κ2) is 11.3. The minimum Gasteiger partial charge on any atom is -0.370 e. The average molecular weight is 240 g/mol. The molecule has 0 aliphatic carbocycles. The molecule has 0 atom stereocenters. The molecule has 0 aromatic heterocycles.